The van der Waals surface area contributed by atoms with Crippen LogP contribution in [0.1, 0.15) is 18.1 Å². The summed E-state index contributed by atoms with van der Waals surface area (Å²) in [5, 5.41) is 4.09. The van der Waals surface area contributed by atoms with Crippen molar-refractivity contribution < 1.29 is 9.47 Å². The smallest absolute Gasteiger partial charge is 0.0936 e. The van der Waals surface area contributed by atoms with E-state index in [0.717, 1.165) is 29.2 Å². The van der Waals surface area contributed by atoms with Crippen molar-refractivity contribution in [3.8, 4) is 0 Å². The Morgan fingerprint density at radius 1 is 1.44 bits per heavy atom. The molecule has 1 heterocycles. The van der Waals surface area contributed by atoms with Gasteiger partial charge in [0.2, 0.25) is 0 Å². The third-order valence-electron chi connectivity index (χ3n) is 3.00. The third kappa shape index (κ3) is 3.95. The zero-order valence-electron chi connectivity index (χ0n) is 10.9. The molecule has 1 aromatic rings. The monoisotopic (exact) mass is 269 g/mol. The number of aryl methyl sites for hydroxylation is 1. The number of hydrogen-bond acceptors (Lipinski definition) is 3. The van der Waals surface area contributed by atoms with Gasteiger partial charge in [-0.25, -0.2) is 0 Å². The second kappa shape index (κ2) is 6.53. The average molecular weight is 270 g/mol. The highest BCUT2D eigenvalue weighted by Gasteiger charge is 2.18. The highest BCUT2D eigenvalue weighted by atomic mass is 35.5. The van der Waals surface area contributed by atoms with Crippen molar-refractivity contribution in [2.45, 2.75) is 32.7 Å². The minimum absolute atomic E-state index is 0.137. The summed E-state index contributed by atoms with van der Waals surface area (Å²) in [5.74, 6) is 0. The highest BCUT2D eigenvalue weighted by Crippen LogP contribution is 2.18. The van der Waals surface area contributed by atoms with E-state index >= 15 is 0 Å². The second-order valence-corrected chi connectivity index (χ2v) is 5.24. The predicted molar refractivity (Wildman–Crippen MR) is 73.0 cm³/mol. The van der Waals surface area contributed by atoms with Gasteiger partial charge in [0.05, 0.1) is 25.4 Å². The fraction of sp³-hybridized carbons (Fsp3) is 0.571. The van der Waals surface area contributed by atoms with Crippen LogP contribution in [-0.2, 0) is 16.1 Å². The van der Waals surface area contributed by atoms with Crippen LogP contribution in [-0.4, -0.2) is 31.9 Å². The Labute approximate surface area is 113 Å². The summed E-state index contributed by atoms with van der Waals surface area (Å²) in [6.07, 6.45) is 0.397. The van der Waals surface area contributed by atoms with Crippen LogP contribution < -0.4 is 5.32 Å². The van der Waals surface area contributed by atoms with Gasteiger partial charge >= 0.3 is 0 Å². The molecule has 0 bridgehead atoms. The third-order valence-corrected chi connectivity index (χ3v) is 3.35. The number of ether oxygens (including phenoxy) is 2. The lowest BCUT2D eigenvalue weighted by atomic mass is 10.1. The molecule has 1 N–H and O–H groups in total. The molecule has 0 saturated carbocycles. The summed E-state index contributed by atoms with van der Waals surface area (Å²) >= 11 is 6.15. The molecule has 2 rings (SSSR count). The Balaban J connectivity index is 1.77. The van der Waals surface area contributed by atoms with Crippen LogP contribution in [0.2, 0.25) is 5.02 Å². The van der Waals surface area contributed by atoms with Crippen molar-refractivity contribution in [1.29, 1.82) is 0 Å². The van der Waals surface area contributed by atoms with Crippen molar-refractivity contribution >= 4 is 11.6 Å². The second-order valence-electron chi connectivity index (χ2n) is 4.84. The fourth-order valence-corrected chi connectivity index (χ4v) is 2.33. The van der Waals surface area contributed by atoms with Crippen LogP contribution in [0.25, 0.3) is 0 Å². The molecule has 100 valence electrons. The summed E-state index contributed by atoms with van der Waals surface area (Å²) in [6.45, 7) is 7.00. The standard InChI is InChI=1S/C14H20ClNO2/c1-10-3-4-12(14(15)5-10)8-17-9-13-7-16-6-11(2)18-13/h3-5,11,13,16H,6-9H2,1-2H3. The Morgan fingerprint density at radius 2 is 2.28 bits per heavy atom. The van der Waals surface area contributed by atoms with Crippen LogP contribution >= 0.6 is 11.6 Å². The summed E-state index contributed by atoms with van der Waals surface area (Å²) < 4.78 is 11.4. The summed E-state index contributed by atoms with van der Waals surface area (Å²) in [6, 6.07) is 6.02. The zero-order chi connectivity index (χ0) is 13.0. The van der Waals surface area contributed by atoms with E-state index in [1.807, 2.05) is 25.1 Å². The average Bonchev–Trinajstić information content (AvgIpc) is 2.32. The molecular weight excluding hydrogens is 250 g/mol. The first kappa shape index (κ1) is 13.8. The van der Waals surface area contributed by atoms with Gasteiger partial charge in [-0.15, -0.1) is 0 Å². The van der Waals surface area contributed by atoms with Crippen molar-refractivity contribution in [2.24, 2.45) is 0 Å². The van der Waals surface area contributed by atoms with Crippen molar-refractivity contribution in [2.75, 3.05) is 19.7 Å². The molecule has 2 unspecified atom stereocenters. The Bertz CT molecular complexity index is 397. The number of halogens is 1. The summed E-state index contributed by atoms with van der Waals surface area (Å²) in [7, 11) is 0. The molecule has 4 heteroatoms. The van der Waals surface area contributed by atoms with Gasteiger partial charge in [-0.1, -0.05) is 23.7 Å². The molecule has 1 saturated heterocycles. The van der Waals surface area contributed by atoms with Gasteiger partial charge in [-0.2, -0.15) is 0 Å². The molecule has 1 aliphatic heterocycles. The van der Waals surface area contributed by atoms with Gasteiger partial charge in [0.25, 0.3) is 0 Å². The maximum atomic E-state index is 6.15. The largest absolute Gasteiger partial charge is 0.374 e. The lowest BCUT2D eigenvalue weighted by molar-refractivity contribution is -0.0716. The van der Waals surface area contributed by atoms with Gasteiger partial charge in [-0.3, -0.25) is 0 Å². The van der Waals surface area contributed by atoms with E-state index in [1.54, 1.807) is 0 Å². The molecule has 1 fully saturated rings. The van der Waals surface area contributed by atoms with Crippen LogP contribution in [0.5, 0.6) is 0 Å². The first-order valence-electron chi connectivity index (χ1n) is 6.34. The maximum absolute atomic E-state index is 6.15. The van der Waals surface area contributed by atoms with E-state index in [9.17, 15) is 0 Å². The maximum Gasteiger partial charge on any atom is 0.0936 e. The Morgan fingerprint density at radius 3 is 3.00 bits per heavy atom. The molecule has 1 aromatic carbocycles. The molecule has 2 atom stereocenters. The molecule has 1 aliphatic rings. The van der Waals surface area contributed by atoms with Crippen LogP contribution in [0, 0.1) is 6.92 Å². The minimum atomic E-state index is 0.137. The first-order valence-corrected chi connectivity index (χ1v) is 6.72. The van der Waals surface area contributed by atoms with Crippen molar-refractivity contribution in [3.05, 3.63) is 34.3 Å². The normalized spacial score (nSPS) is 24.2. The van der Waals surface area contributed by atoms with Crippen LogP contribution in [0.4, 0.5) is 0 Å². The minimum Gasteiger partial charge on any atom is -0.374 e. The number of hydrogen-bond donors (Lipinski definition) is 1. The van der Waals surface area contributed by atoms with Crippen LogP contribution in [0.15, 0.2) is 18.2 Å². The Hall–Kier alpha value is -0.610. The lowest BCUT2D eigenvalue weighted by Crippen LogP contribution is -2.45. The van der Waals surface area contributed by atoms with E-state index in [2.05, 4.69) is 12.2 Å². The van der Waals surface area contributed by atoms with Gasteiger partial charge in [0, 0.05) is 18.1 Å². The zero-order valence-corrected chi connectivity index (χ0v) is 11.7. The molecular formula is C14H20ClNO2. The Kier molecular flexibility index (Phi) is 5.01. The van der Waals surface area contributed by atoms with E-state index in [1.165, 1.54) is 0 Å². The summed E-state index contributed by atoms with van der Waals surface area (Å²) in [4.78, 5) is 0. The highest BCUT2D eigenvalue weighted by molar-refractivity contribution is 6.31. The van der Waals surface area contributed by atoms with E-state index < -0.39 is 0 Å². The number of morpholine rings is 1. The molecule has 0 aliphatic carbocycles. The topological polar surface area (TPSA) is 30.5 Å². The molecule has 18 heavy (non-hydrogen) atoms. The van der Waals surface area contributed by atoms with E-state index in [4.69, 9.17) is 21.1 Å². The predicted octanol–water partition coefficient (Wildman–Crippen LogP) is 2.54. The van der Waals surface area contributed by atoms with Gasteiger partial charge in [0.15, 0.2) is 0 Å². The number of rotatable bonds is 4. The lowest BCUT2D eigenvalue weighted by Gasteiger charge is -2.28. The van der Waals surface area contributed by atoms with E-state index in [-0.39, 0.29) is 12.2 Å². The summed E-state index contributed by atoms with van der Waals surface area (Å²) in [5.41, 5.74) is 2.19. The molecule has 0 amide bonds. The van der Waals surface area contributed by atoms with Crippen molar-refractivity contribution in [1.82, 2.24) is 5.32 Å². The van der Waals surface area contributed by atoms with E-state index in [0.29, 0.717) is 13.2 Å². The van der Waals surface area contributed by atoms with Crippen LogP contribution in [0.3, 0.4) is 0 Å². The van der Waals surface area contributed by atoms with Gasteiger partial charge < -0.3 is 14.8 Å². The van der Waals surface area contributed by atoms with Crippen molar-refractivity contribution in [3.63, 3.8) is 0 Å². The van der Waals surface area contributed by atoms with Gasteiger partial charge in [0.1, 0.15) is 0 Å². The number of nitrogens with one attached hydrogen (secondary N) is 1. The fourth-order valence-electron chi connectivity index (χ4n) is 2.04. The molecule has 0 spiro atoms. The molecule has 0 aromatic heterocycles. The molecule has 0 radical (unpaired) electrons. The number of benzene rings is 1. The SMILES string of the molecule is Cc1ccc(COCC2CNCC(C)O2)c(Cl)c1. The molecule has 3 nitrogen and oxygen atoms in total. The van der Waals surface area contributed by atoms with Gasteiger partial charge in [-0.05, 0) is 31.0 Å². The first-order chi connectivity index (χ1) is 8.65. The quantitative estimate of drug-likeness (QED) is 0.911.